The van der Waals surface area contributed by atoms with Gasteiger partial charge < -0.3 is 5.73 Å². The molecule has 0 bridgehead atoms. The van der Waals surface area contributed by atoms with Crippen molar-refractivity contribution >= 4 is 11.3 Å². The third kappa shape index (κ3) is 1.59. The van der Waals surface area contributed by atoms with E-state index in [1.807, 2.05) is 6.07 Å². The Bertz CT molecular complexity index is 677. The van der Waals surface area contributed by atoms with Gasteiger partial charge in [0, 0.05) is 24.0 Å². The zero-order chi connectivity index (χ0) is 11.8. The fraction of sp³-hybridized carbons (Fsp3) is 0. The van der Waals surface area contributed by atoms with Crippen molar-refractivity contribution in [2.45, 2.75) is 0 Å². The zero-order valence-corrected chi connectivity index (χ0v) is 8.71. The maximum absolute atomic E-state index is 13.1. The fourth-order valence-corrected chi connectivity index (χ4v) is 1.59. The Balaban J connectivity index is 2.24. The Morgan fingerprint density at radius 3 is 3.00 bits per heavy atom. The van der Waals surface area contributed by atoms with Crippen molar-refractivity contribution in [3.05, 3.63) is 42.6 Å². The van der Waals surface area contributed by atoms with Crippen LogP contribution >= 0.6 is 0 Å². The highest BCUT2D eigenvalue weighted by Gasteiger charge is 2.09. The molecule has 6 heteroatoms. The molecule has 0 radical (unpaired) electrons. The van der Waals surface area contributed by atoms with Crippen LogP contribution in [0.5, 0.6) is 0 Å². The van der Waals surface area contributed by atoms with Gasteiger partial charge in [-0.2, -0.15) is 0 Å². The molecule has 0 amide bonds. The van der Waals surface area contributed by atoms with E-state index in [4.69, 9.17) is 5.73 Å². The standard InChI is InChI=1S/C11H8FN5/c12-8-4-9(13)11-15-10(16-17(11)6-8)7-2-1-3-14-5-7/h1-6H,13H2. The summed E-state index contributed by atoms with van der Waals surface area (Å²) in [7, 11) is 0. The van der Waals surface area contributed by atoms with Crippen LogP contribution in [-0.4, -0.2) is 19.6 Å². The van der Waals surface area contributed by atoms with Crippen molar-refractivity contribution in [1.29, 1.82) is 0 Å². The summed E-state index contributed by atoms with van der Waals surface area (Å²) >= 11 is 0. The smallest absolute Gasteiger partial charge is 0.183 e. The molecule has 5 nitrogen and oxygen atoms in total. The summed E-state index contributed by atoms with van der Waals surface area (Å²) in [4.78, 5) is 8.22. The Kier molecular flexibility index (Phi) is 2.01. The van der Waals surface area contributed by atoms with E-state index in [2.05, 4.69) is 15.1 Å². The number of nitrogens with zero attached hydrogens (tertiary/aromatic N) is 4. The molecular weight excluding hydrogens is 221 g/mol. The van der Waals surface area contributed by atoms with Crippen LogP contribution in [0.4, 0.5) is 10.1 Å². The van der Waals surface area contributed by atoms with Crippen LogP contribution in [0.25, 0.3) is 17.0 Å². The normalized spacial score (nSPS) is 10.9. The van der Waals surface area contributed by atoms with E-state index in [-0.39, 0.29) is 5.69 Å². The molecule has 0 fully saturated rings. The number of rotatable bonds is 1. The first-order valence-corrected chi connectivity index (χ1v) is 4.96. The summed E-state index contributed by atoms with van der Waals surface area (Å²) in [6, 6.07) is 4.83. The van der Waals surface area contributed by atoms with E-state index in [9.17, 15) is 4.39 Å². The molecule has 17 heavy (non-hydrogen) atoms. The lowest BCUT2D eigenvalue weighted by Gasteiger charge is -1.95. The second-order valence-electron chi connectivity index (χ2n) is 3.56. The van der Waals surface area contributed by atoms with E-state index in [0.717, 1.165) is 5.56 Å². The van der Waals surface area contributed by atoms with Crippen LogP contribution in [0.3, 0.4) is 0 Å². The van der Waals surface area contributed by atoms with Gasteiger partial charge in [0.05, 0.1) is 11.9 Å². The number of nitrogens with two attached hydrogens (primary N) is 1. The van der Waals surface area contributed by atoms with Gasteiger partial charge in [0.2, 0.25) is 0 Å². The molecule has 3 aromatic rings. The molecule has 3 heterocycles. The molecule has 84 valence electrons. The van der Waals surface area contributed by atoms with Crippen LogP contribution in [0.15, 0.2) is 36.8 Å². The third-order valence-corrected chi connectivity index (χ3v) is 2.35. The van der Waals surface area contributed by atoms with E-state index < -0.39 is 5.82 Å². The first kappa shape index (κ1) is 9.71. The number of fused-ring (bicyclic) bond motifs is 1. The number of halogens is 1. The van der Waals surface area contributed by atoms with Crippen molar-refractivity contribution in [2.75, 3.05) is 5.73 Å². The second-order valence-corrected chi connectivity index (χ2v) is 3.56. The van der Waals surface area contributed by atoms with Gasteiger partial charge in [0.15, 0.2) is 11.5 Å². The summed E-state index contributed by atoms with van der Waals surface area (Å²) in [6.07, 6.45) is 4.53. The lowest BCUT2D eigenvalue weighted by Crippen LogP contribution is -1.95. The molecule has 0 spiro atoms. The summed E-state index contributed by atoms with van der Waals surface area (Å²) in [5, 5.41) is 4.15. The topological polar surface area (TPSA) is 69.1 Å². The van der Waals surface area contributed by atoms with Gasteiger partial charge in [-0.1, -0.05) is 0 Å². The molecule has 2 N–H and O–H groups in total. The van der Waals surface area contributed by atoms with E-state index >= 15 is 0 Å². The first-order chi connectivity index (χ1) is 8.24. The van der Waals surface area contributed by atoms with Crippen molar-refractivity contribution < 1.29 is 4.39 Å². The molecule has 3 rings (SSSR count). The molecule has 0 saturated heterocycles. The van der Waals surface area contributed by atoms with Gasteiger partial charge in [0.25, 0.3) is 0 Å². The van der Waals surface area contributed by atoms with Crippen LogP contribution in [0.1, 0.15) is 0 Å². The number of anilines is 1. The van der Waals surface area contributed by atoms with Crippen molar-refractivity contribution in [3.8, 4) is 11.4 Å². The molecule has 0 saturated carbocycles. The minimum atomic E-state index is -0.447. The highest BCUT2D eigenvalue weighted by Crippen LogP contribution is 2.18. The highest BCUT2D eigenvalue weighted by molar-refractivity contribution is 5.67. The number of hydrogen-bond acceptors (Lipinski definition) is 4. The average Bonchev–Trinajstić information content (AvgIpc) is 2.74. The summed E-state index contributed by atoms with van der Waals surface area (Å²) < 4.78 is 14.5. The summed E-state index contributed by atoms with van der Waals surface area (Å²) in [6.45, 7) is 0. The Labute approximate surface area is 95.7 Å². The molecule has 0 unspecified atom stereocenters. The number of aromatic nitrogens is 4. The minimum Gasteiger partial charge on any atom is -0.396 e. The second kappa shape index (κ2) is 3.51. The van der Waals surface area contributed by atoms with Crippen LogP contribution in [0.2, 0.25) is 0 Å². The van der Waals surface area contributed by atoms with Gasteiger partial charge in [0.1, 0.15) is 5.82 Å². The van der Waals surface area contributed by atoms with Gasteiger partial charge in [-0.05, 0) is 12.1 Å². The van der Waals surface area contributed by atoms with Crippen LogP contribution < -0.4 is 5.73 Å². The molecule has 0 aromatic carbocycles. The maximum Gasteiger partial charge on any atom is 0.183 e. The van der Waals surface area contributed by atoms with Gasteiger partial charge >= 0.3 is 0 Å². The zero-order valence-electron chi connectivity index (χ0n) is 8.71. The quantitative estimate of drug-likeness (QED) is 0.686. The summed E-state index contributed by atoms with van der Waals surface area (Å²) in [5.74, 6) is 0.0213. The van der Waals surface area contributed by atoms with E-state index in [1.54, 1.807) is 18.5 Å². The lowest BCUT2D eigenvalue weighted by molar-refractivity contribution is 0.615. The van der Waals surface area contributed by atoms with Gasteiger partial charge in [-0.3, -0.25) is 4.98 Å². The number of pyridine rings is 2. The Hall–Kier alpha value is -2.50. The molecule has 0 aliphatic carbocycles. The lowest BCUT2D eigenvalue weighted by atomic mass is 10.3. The van der Waals surface area contributed by atoms with Crippen molar-refractivity contribution in [2.24, 2.45) is 0 Å². The van der Waals surface area contributed by atoms with Gasteiger partial charge in [-0.25, -0.2) is 13.9 Å². The predicted molar refractivity (Wildman–Crippen MR) is 60.6 cm³/mol. The van der Waals surface area contributed by atoms with Crippen molar-refractivity contribution in [1.82, 2.24) is 19.6 Å². The molecule has 0 atom stereocenters. The molecule has 0 aliphatic rings. The fourth-order valence-electron chi connectivity index (χ4n) is 1.59. The van der Waals surface area contributed by atoms with Crippen LogP contribution in [0, 0.1) is 5.82 Å². The monoisotopic (exact) mass is 229 g/mol. The van der Waals surface area contributed by atoms with Crippen molar-refractivity contribution in [3.63, 3.8) is 0 Å². The molecular formula is C11H8FN5. The summed E-state index contributed by atoms with van der Waals surface area (Å²) in [5.41, 5.74) is 7.12. The molecule has 3 aromatic heterocycles. The largest absolute Gasteiger partial charge is 0.396 e. The number of hydrogen-bond donors (Lipinski definition) is 1. The van der Waals surface area contributed by atoms with E-state index in [0.29, 0.717) is 11.5 Å². The SMILES string of the molecule is Nc1cc(F)cn2nc(-c3cccnc3)nc12. The average molecular weight is 229 g/mol. The molecule has 0 aliphatic heterocycles. The predicted octanol–water partition coefficient (Wildman–Crippen LogP) is 1.51. The Morgan fingerprint density at radius 1 is 1.35 bits per heavy atom. The van der Waals surface area contributed by atoms with E-state index in [1.165, 1.54) is 16.8 Å². The van der Waals surface area contributed by atoms with Crippen LogP contribution in [-0.2, 0) is 0 Å². The minimum absolute atomic E-state index is 0.257. The first-order valence-electron chi connectivity index (χ1n) is 4.96. The highest BCUT2D eigenvalue weighted by atomic mass is 19.1. The number of nitrogen functional groups attached to an aromatic ring is 1. The maximum atomic E-state index is 13.1. The Morgan fingerprint density at radius 2 is 2.24 bits per heavy atom. The van der Waals surface area contributed by atoms with Gasteiger partial charge in [-0.15, -0.1) is 5.10 Å². The third-order valence-electron chi connectivity index (χ3n) is 2.35.